The van der Waals surface area contributed by atoms with Crippen molar-refractivity contribution in [3.05, 3.63) is 46.7 Å². The number of halogens is 4. The van der Waals surface area contributed by atoms with Crippen molar-refractivity contribution in [3.63, 3.8) is 0 Å². The highest BCUT2D eigenvalue weighted by Gasteiger charge is 2.30. The molecule has 0 aliphatic carbocycles. The Kier molecular flexibility index (Phi) is 3.05. The highest BCUT2D eigenvalue weighted by atomic mass is 35.5. The van der Waals surface area contributed by atoms with Crippen molar-refractivity contribution in [1.82, 2.24) is 9.78 Å². The van der Waals surface area contributed by atoms with Gasteiger partial charge in [0.05, 0.1) is 23.0 Å². The van der Waals surface area contributed by atoms with Gasteiger partial charge in [0.15, 0.2) is 0 Å². The first kappa shape index (κ1) is 12.5. The van der Waals surface area contributed by atoms with Crippen molar-refractivity contribution in [1.29, 1.82) is 0 Å². The molecule has 0 unspecified atom stereocenters. The van der Waals surface area contributed by atoms with Crippen molar-refractivity contribution < 1.29 is 13.2 Å². The van der Waals surface area contributed by atoms with Crippen LogP contribution in [0.1, 0.15) is 11.1 Å². The lowest BCUT2D eigenvalue weighted by Crippen LogP contribution is -2.05. The predicted molar refractivity (Wildman–Crippen MR) is 61.5 cm³/mol. The summed E-state index contributed by atoms with van der Waals surface area (Å²) in [6.45, 7) is 0. The number of alkyl halides is 3. The van der Waals surface area contributed by atoms with Crippen molar-refractivity contribution in [2.75, 3.05) is 0 Å². The zero-order chi connectivity index (χ0) is 13.3. The third kappa shape index (κ3) is 2.20. The Balaban J connectivity index is 2.41. The minimum absolute atomic E-state index is 0.192. The van der Waals surface area contributed by atoms with Gasteiger partial charge in [0.2, 0.25) is 0 Å². The summed E-state index contributed by atoms with van der Waals surface area (Å²) in [7, 11) is 0. The quantitative estimate of drug-likeness (QED) is 0.725. The van der Waals surface area contributed by atoms with Gasteiger partial charge in [-0.2, -0.15) is 18.3 Å². The molecule has 2 nitrogen and oxygen atoms in total. The Morgan fingerprint density at radius 1 is 1.22 bits per heavy atom. The summed E-state index contributed by atoms with van der Waals surface area (Å²) in [5, 5.41) is 4.10. The van der Waals surface area contributed by atoms with Crippen molar-refractivity contribution in [2.45, 2.75) is 6.18 Å². The monoisotopic (exact) mass is 270 g/mol. The molecule has 0 aliphatic rings. The third-order valence-electron chi connectivity index (χ3n) is 2.31. The van der Waals surface area contributed by atoms with E-state index in [-0.39, 0.29) is 5.15 Å². The van der Waals surface area contributed by atoms with E-state index in [0.29, 0.717) is 11.3 Å². The largest absolute Gasteiger partial charge is 0.416 e. The van der Waals surface area contributed by atoms with Gasteiger partial charge in [-0.25, -0.2) is 4.68 Å². The first-order valence-corrected chi connectivity index (χ1v) is 5.19. The maximum absolute atomic E-state index is 12.4. The van der Waals surface area contributed by atoms with Crippen LogP contribution in [-0.4, -0.2) is 9.78 Å². The van der Waals surface area contributed by atoms with E-state index in [0.717, 1.165) is 12.1 Å². The van der Waals surface area contributed by atoms with Crippen molar-refractivity contribution >= 4 is 11.6 Å². The predicted octanol–water partition coefficient (Wildman–Crippen LogP) is 3.53. The van der Waals surface area contributed by atoms with Crippen LogP contribution in [0.2, 0.25) is 5.15 Å². The second-order valence-corrected chi connectivity index (χ2v) is 3.81. The van der Waals surface area contributed by atoms with Crippen molar-refractivity contribution in [3.8, 4) is 18.0 Å². The summed E-state index contributed by atoms with van der Waals surface area (Å²) >= 11 is 5.92. The van der Waals surface area contributed by atoms with Gasteiger partial charge in [0.25, 0.3) is 0 Å². The fraction of sp³-hybridized carbons (Fsp3) is 0.0833. The van der Waals surface area contributed by atoms with Gasteiger partial charge in [-0.1, -0.05) is 17.5 Å². The zero-order valence-electron chi connectivity index (χ0n) is 8.87. The van der Waals surface area contributed by atoms with Gasteiger partial charge < -0.3 is 0 Å². The van der Waals surface area contributed by atoms with Crippen LogP contribution in [0, 0.1) is 12.3 Å². The van der Waals surface area contributed by atoms with E-state index < -0.39 is 11.7 Å². The molecule has 0 spiro atoms. The van der Waals surface area contributed by atoms with E-state index in [1.807, 2.05) is 0 Å². The van der Waals surface area contributed by atoms with Crippen LogP contribution in [0.3, 0.4) is 0 Å². The summed E-state index contributed by atoms with van der Waals surface area (Å²) in [6, 6.07) is 4.48. The van der Waals surface area contributed by atoms with Crippen LogP contribution in [0.4, 0.5) is 13.2 Å². The summed E-state index contributed by atoms with van der Waals surface area (Å²) in [5.74, 6) is 2.33. The number of terminal acetylenes is 1. The summed E-state index contributed by atoms with van der Waals surface area (Å²) < 4.78 is 38.4. The Labute approximate surface area is 106 Å². The Morgan fingerprint density at radius 2 is 1.83 bits per heavy atom. The Morgan fingerprint density at radius 3 is 2.28 bits per heavy atom. The number of nitrogens with zero attached hydrogens (tertiary/aromatic N) is 2. The lowest BCUT2D eigenvalue weighted by Gasteiger charge is -2.08. The lowest BCUT2D eigenvalue weighted by molar-refractivity contribution is -0.137. The lowest BCUT2D eigenvalue weighted by atomic mass is 10.2. The zero-order valence-corrected chi connectivity index (χ0v) is 9.63. The maximum Gasteiger partial charge on any atom is 0.416 e. The summed E-state index contributed by atoms with van der Waals surface area (Å²) in [6.07, 6.45) is 2.20. The highest BCUT2D eigenvalue weighted by molar-refractivity contribution is 6.30. The molecular weight excluding hydrogens is 265 g/mol. The molecule has 6 heteroatoms. The normalized spacial score (nSPS) is 11.3. The molecule has 0 fully saturated rings. The number of rotatable bonds is 1. The van der Waals surface area contributed by atoms with E-state index in [1.54, 1.807) is 0 Å². The van der Waals surface area contributed by atoms with E-state index >= 15 is 0 Å². The molecule has 2 aromatic rings. The molecule has 0 aliphatic heterocycles. The van der Waals surface area contributed by atoms with Gasteiger partial charge in [0.1, 0.15) is 5.15 Å². The van der Waals surface area contributed by atoms with Gasteiger partial charge in [-0.3, -0.25) is 0 Å². The van der Waals surface area contributed by atoms with Gasteiger partial charge >= 0.3 is 6.18 Å². The van der Waals surface area contributed by atoms with Crippen LogP contribution in [0.25, 0.3) is 5.69 Å². The van der Waals surface area contributed by atoms with E-state index in [1.165, 1.54) is 23.0 Å². The minimum atomic E-state index is -4.36. The fourth-order valence-corrected chi connectivity index (χ4v) is 1.65. The molecule has 0 amide bonds. The smallest absolute Gasteiger partial charge is 0.221 e. The van der Waals surface area contributed by atoms with Gasteiger partial charge in [-0.05, 0) is 24.3 Å². The molecule has 2 rings (SSSR count). The van der Waals surface area contributed by atoms with Gasteiger partial charge in [-0.15, -0.1) is 6.42 Å². The van der Waals surface area contributed by atoms with Gasteiger partial charge in [0, 0.05) is 0 Å². The van der Waals surface area contributed by atoms with Crippen LogP contribution in [0.15, 0.2) is 30.5 Å². The SMILES string of the molecule is C#Cc1cnn(-c2ccc(C(F)(F)F)cc2)c1Cl. The average Bonchev–Trinajstić information content (AvgIpc) is 2.69. The van der Waals surface area contributed by atoms with Crippen LogP contribution >= 0.6 is 11.6 Å². The Bertz CT molecular complexity index is 606. The van der Waals surface area contributed by atoms with E-state index in [9.17, 15) is 13.2 Å². The minimum Gasteiger partial charge on any atom is -0.221 e. The molecule has 0 N–H and O–H groups in total. The van der Waals surface area contributed by atoms with Crippen LogP contribution in [0.5, 0.6) is 0 Å². The Hall–Kier alpha value is -1.93. The molecule has 0 bridgehead atoms. The first-order chi connectivity index (χ1) is 8.43. The first-order valence-electron chi connectivity index (χ1n) is 4.81. The van der Waals surface area contributed by atoms with Crippen molar-refractivity contribution in [2.24, 2.45) is 0 Å². The molecule has 0 saturated heterocycles. The maximum atomic E-state index is 12.4. The molecule has 0 radical (unpaired) electrons. The number of aromatic nitrogens is 2. The van der Waals surface area contributed by atoms with E-state index in [4.69, 9.17) is 18.0 Å². The topological polar surface area (TPSA) is 17.8 Å². The summed E-state index contributed by atoms with van der Waals surface area (Å²) in [5.41, 5.74) is 0.0674. The third-order valence-corrected chi connectivity index (χ3v) is 2.67. The second-order valence-electron chi connectivity index (χ2n) is 3.45. The number of hydrogen-bond donors (Lipinski definition) is 0. The molecular formula is C12H6ClF3N2. The summed E-state index contributed by atoms with van der Waals surface area (Å²) in [4.78, 5) is 0. The second kappa shape index (κ2) is 4.39. The molecule has 18 heavy (non-hydrogen) atoms. The highest BCUT2D eigenvalue weighted by Crippen LogP contribution is 2.30. The van der Waals surface area contributed by atoms with E-state index in [2.05, 4.69) is 11.0 Å². The molecule has 1 aromatic carbocycles. The average molecular weight is 271 g/mol. The molecule has 1 heterocycles. The molecule has 0 saturated carbocycles. The fourth-order valence-electron chi connectivity index (χ4n) is 1.40. The standard InChI is InChI=1S/C12H6ClF3N2/c1-2-8-7-17-18(11(8)13)10-5-3-9(4-6-10)12(14,15)16/h1,3-7H. The molecule has 0 atom stereocenters. The number of benzene rings is 1. The number of hydrogen-bond acceptors (Lipinski definition) is 1. The molecule has 92 valence electrons. The molecule has 1 aromatic heterocycles. The van der Waals surface area contributed by atoms with Crippen LogP contribution < -0.4 is 0 Å². The van der Waals surface area contributed by atoms with Crippen LogP contribution in [-0.2, 0) is 6.18 Å².